The lowest BCUT2D eigenvalue weighted by Crippen LogP contribution is -2.13. The minimum atomic E-state index is -0.177. The lowest BCUT2D eigenvalue weighted by molar-refractivity contribution is -0.111. The van der Waals surface area contributed by atoms with E-state index in [9.17, 15) is 10.1 Å². The zero-order chi connectivity index (χ0) is 23.6. The van der Waals surface area contributed by atoms with Crippen LogP contribution in [0.4, 0.5) is 5.00 Å². The van der Waals surface area contributed by atoms with Gasteiger partial charge in [0.05, 0.1) is 5.56 Å². The van der Waals surface area contributed by atoms with Crippen LogP contribution in [0.1, 0.15) is 78.5 Å². The first-order valence-electron chi connectivity index (χ1n) is 12.4. The van der Waals surface area contributed by atoms with Crippen LogP contribution in [-0.2, 0) is 17.6 Å². The second-order valence-electron chi connectivity index (χ2n) is 8.94. The second-order valence-corrected chi connectivity index (χ2v) is 10.0. The lowest BCUT2D eigenvalue weighted by Gasteiger charge is -2.09. The van der Waals surface area contributed by atoms with E-state index in [1.807, 2.05) is 66.7 Å². The molecule has 0 radical (unpaired) electrons. The highest BCUT2D eigenvalue weighted by atomic mass is 32.1. The molecule has 1 amide bonds. The van der Waals surface area contributed by atoms with E-state index < -0.39 is 0 Å². The molecule has 1 N–H and O–H groups in total. The van der Waals surface area contributed by atoms with Crippen LogP contribution >= 0.6 is 11.3 Å². The van der Waals surface area contributed by atoms with Crippen molar-refractivity contribution in [2.24, 2.45) is 0 Å². The highest BCUT2D eigenvalue weighted by molar-refractivity contribution is 7.16. The van der Waals surface area contributed by atoms with Gasteiger partial charge in [-0.1, -0.05) is 99.2 Å². The van der Waals surface area contributed by atoms with Crippen molar-refractivity contribution < 1.29 is 4.79 Å². The molecule has 3 aromatic rings. The molecule has 0 saturated carbocycles. The number of anilines is 1. The van der Waals surface area contributed by atoms with E-state index in [2.05, 4.69) is 11.4 Å². The van der Waals surface area contributed by atoms with Crippen LogP contribution < -0.4 is 5.32 Å². The molecule has 174 valence electrons. The average Bonchev–Trinajstić information content (AvgIpc) is 3.19. The predicted molar refractivity (Wildman–Crippen MR) is 143 cm³/mol. The maximum atomic E-state index is 13.6. The quantitative estimate of drug-likeness (QED) is 0.311. The molecule has 1 heterocycles. The Bertz CT molecular complexity index is 1160. The molecule has 0 fully saturated rings. The zero-order valence-corrected chi connectivity index (χ0v) is 20.5. The summed E-state index contributed by atoms with van der Waals surface area (Å²) >= 11 is 1.60. The fourth-order valence-electron chi connectivity index (χ4n) is 4.62. The predicted octanol–water partition coefficient (Wildman–Crippen LogP) is 8.02. The number of aryl methyl sites for hydroxylation is 1. The monoisotopic (exact) mass is 468 g/mol. The minimum absolute atomic E-state index is 0.177. The van der Waals surface area contributed by atoms with Gasteiger partial charge in [0.15, 0.2) is 0 Å². The van der Waals surface area contributed by atoms with E-state index >= 15 is 0 Å². The van der Waals surface area contributed by atoms with Crippen molar-refractivity contribution in [3.05, 3.63) is 87.8 Å². The summed E-state index contributed by atoms with van der Waals surface area (Å²) in [4.78, 5) is 14.8. The van der Waals surface area contributed by atoms with Crippen LogP contribution in [-0.4, -0.2) is 5.91 Å². The van der Waals surface area contributed by atoms with Crippen molar-refractivity contribution in [1.29, 1.82) is 5.26 Å². The molecule has 0 spiro atoms. The van der Waals surface area contributed by atoms with Crippen molar-refractivity contribution in [2.75, 3.05) is 5.32 Å². The smallest absolute Gasteiger partial charge is 0.256 e. The van der Waals surface area contributed by atoms with Gasteiger partial charge in [-0.05, 0) is 48.4 Å². The van der Waals surface area contributed by atoms with E-state index in [0.717, 1.165) is 42.4 Å². The number of nitrogens with one attached hydrogen (secondary N) is 1. The number of rotatable bonds is 4. The number of carbonyl (C=O) groups is 1. The Labute approximate surface area is 207 Å². The number of carbonyl (C=O) groups excluding carboxylic acids is 1. The molecule has 2 aromatic carbocycles. The van der Waals surface area contributed by atoms with Crippen LogP contribution in [0.25, 0.3) is 11.6 Å². The molecule has 4 heteroatoms. The molecule has 0 bridgehead atoms. The van der Waals surface area contributed by atoms with Crippen molar-refractivity contribution in [1.82, 2.24) is 0 Å². The minimum Gasteiger partial charge on any atom is -0.312 e. The summed E-state index contributed by atoms with van der Waals surface area (Å²) in [6, 6.07) is 22.0. The fraction of sp³-hybridized carbons (Fsp3) is 0.333. The molecular formula is C30H32N2OS. The van der Waals surface area contributed by atoms with Gasteiger partial charge in [0.1, 0.15) is 11.1 Å². The standard InChI is InChI=1S/C30H32N2OS/c31-22-27-25-19-13-5-3-1-2-4-6-14-20-28(25)34-30(27)32-29(33)26(24-17-11-8-12-18-24)21-23-15-9-7-10-16-23/h7-12,15-18,21H,1-6,13-14,19-20H2,(H,32,33)/b26-21-. The van der Waals surface area contributed by atoms with Gasteiger partial charge in [0.25, 0.3) is 5.91 Å². The van der Waals surface area contributed by atoms with E-state index in [-0.39, 0.29) is 5.91 Å². The zero-order valence-electron chi connectivity index (χ0n) is 19.7. The maximum Gasteiger partial charge on any atom is 0.256 e. The molecule has 0 unspecified atom stereocenters. The SMILES string of the molecule is N#Cc1c(NC(=O)/C(=C\c2ccccc2)c2ccccc2)sc2c1CCCCCCCCCC2. The number of fused-ring (bicyclic) bond motifs is 1. The van der Waals surface area contributed by atoms with Crippen molar-refractivity contribution in [3.63, 3.8) is 0 Å². The third-order valence-electron chi connectivity index (χ3n) is 6.45. The average molecular weight is 469 g/mol. The summed E-state index contributed by atoms with van der Waals surface area (Å²) in [6.45, 7) is 0. The number of benzene rings is 2. The molecule has 0 aliphatic heterocycles. The highest BCUT2D eigenvalue weighted by Gasteiger charge is 2.21. The second kappa shape index (κ2) is 12.3. The topological polar surface area (TPSA) is 52.9 Å². The summed E-state index contributed by atoms with van der Waals surface area (Å²) in [6.07, 6.45) is 13.8. The Hall–Kier alpha value is -3.16. The Morgan fingerprint density at radius 1 is 0.824 bits per heavy atom. The summed E-state index contributed by atoms with van der Waals surface area (Å²) in [7, 11) is 0. The van der Waals surface area contributed by atoms with Crippen molar-refractivity contribution >= 4 is 33.9 Å². The van der Waals surface area contributed by atoms with E-state index in [0.29, 0.717) is 16.1 Å². The Morgan fingerprint density at radius 2 is 1.41 bits per heavy atom. The fourth-order valence-corrected chi connectivity index (χ4v) is 5.85. The molecule has 34 heavy (non-hydrogen) atoms. The molecular weight excluding hydrogens is 436 g/mol. The van der Waals surface area contributed by atoms with Gasteiger partial charge < -0.3 is 5.32 Å². The van der Waals surface area contributed by atoms with Crippen LogP contribution in [0.5, 0.6) is 0 Å². The largest absolute Gasteiger partial charge is 0.312 e. The van der Waals surface area contributed by atoms with Crippen LogP contribution in [0.3, 0.4) is 0 Å². The van der Waals surface area contributed by atoms with Gasteiger partial charge in [-0.15, -0.1) is 11.3 Å². The molecule has 1 aliphatic rings. The molecule has 0 saturated heterocycles. The Kier molecular flexibility index (Phi) is 8.71. The van der Waals surface area contributed by atoms with Crippen molar-refractivity contribution in [3.8, 4) is 6.07 Å². The third-order valence-corrected chi connectivity index (χ3v) is 7.66. The Balaban J connectivity index is 1.64. The molecule has 4 rings (SSSR count). The van der Waals surface area contributed by atoms with Gasteiger partial charge in [-0.2, -0.15) is 5.26 Å². The van der Waals surface area contributed by atoms with Crippen LogP contribution in [0.2, 0.25) is 0 Å². The molecule has 1 aliphatic carbocycles. The van der Waals surface area contributed by atoms with Gasteiger partial charge >= 0.3 is 0 Å². The third kappa shape index (κ3) is 6.24. The summed E-state index contributed by atoms with van der Waals surface area (Å²) in [5.74, 6) is -0.177. The van der Waals surface area contributed by atoms with Gasteiger partial charge in [0, 0.05) is 10.5 Å². The van der Waals surface area contributed by atoms with Gasteiger partial charge in [-0.25, -0.2) is 0 Å². The van der Waals surface area contributed by atoms with Gasteiger partial charge in [-0.3, -0.25) is 4.79 Å². The number of hydrogen-bond acceptors (Lipinski definition) is 3. The summed E-state index contributed by atoms with van der Waals surface area (Å²) in [5, 5.41) is 13.9. The number of thiophene rings is 1. The van der Waals surface area contributed by atoms with Crippen molar-refractivity contribution in [2.45, 2.75) is 64.2 Å². The molecule has 0 atom stereocenters. The summed E-state index contributed by atoms with van der Waals surface area (Å²) < 4.78 is 0. The number of hydrogen-bond donors (Lipinski definition) is 1. The van der Waals surface area contributed by atoms with Gasteiger partial charge in [0.2, 0.25) is 0 Å². The first kappa shape index (κ1) is 24.0. The van der Waals surface area contributed by atoms with E-state index in [1.54, 1.807) is 11.3 Å². The number of nitriles is 1. The summed E-state index contributed by atoms with van der Waals surface area (Å²) in [5.41, 5.74) is 4.25. The molecule has 1 aromatic heterocycles. The number of amides is 1. The maximum absolute atomic E-state index is 13.6. The van der Waals surface area contributed by atoms with E-state index in [1.165, 1.54) is 43.4 Å². The number of nitrogens with zero attached hydrogens (tertiary/aromatic N) is 1. The van der Waals surface area contributed by atoms with Crippen LogP contribution in [0, 0.1) is 11.3 Å². The molecule has 3 nitrogen and oxygen atoms in total. The first-order valence-corrected chi connectivity index (χ1v) is 13.3. The van der Waals surface area contributed by atoms with E-state index in [4.69, 9.17) is 0 Å². The normalized spacial score (nSPS) is 15.3. The lowest BCUT2D eigenvalue weighted by atomic mass is 9.98. The highest BCUT2D eigenvalue weighted by Crippen LogP contribution is 2.36. The first-order chi connectivity index (χ1) is 16.8. The Morgan fingerprint density at radius 3 is 2.06 bits per heavy atom. The van der Waals surface area contributed by atoms with Crippen LogP contribution in [0.15, 0.2) is 60.7 Å².